The number of hydrogen-bond acceptors (Lipinski definition) is 5. The summed E-state index contributed by atoms with van der Waals surface area (Å²) in [5.74, 6) is -0.315. The van der Waals surface area contributed by atoms with Crippen LogP contribution in [-0.2, 0) is 9.47 Å². The van der Waals surface area contributed by atoms with Gasteiger partial charge in [-0.2, -0.15) is 0 Å². The summed E-state index contributed by atoms with van der Waals surface area (Å²) in [4.78, 5) is 0. The molecule has 3 rings (SSSR count). The van der Waals surface area contributed by atoms with E-state index in [0.29, 0.717) is 30.4 Å². The number of rotatable bonds is 5. The van der Waals surface area contributed by atoms with Gasteiger partial charge in [-0.15, -0.1) is 0 Å². The van der Waals surface area contributed by atoms with E-state index < -0.39 is 18.2 Å². The van der Waals surface area contributed by atoms with E-state index in [1.807, 2.05) is 24.3 Å². The number of allylic oxidation sites excluding steroid dienone is 1. The molecule has 146 valence electrons. The summed E-state index contributed by atoms with van der Waals surface area (Å²) < 4.78 is 30.8. The van der Waals surface area contributed by atoms with Gasteiger partial charge in [0.2, 0.25) is 5.79 Å². The van der Waals surface area contributed by atoms with Crippen LogP contribution in [0.5, 0.6) is 5.75 Å². The van der Waals surface area contributed by atoms with Gasteiger partial charge in [0.15, 0.2) is 0 Å². The average Bonchev–Trinajstić information content (AvgIpc) is 3.20. The number of hydrogen-bond donors (Lipinski definition) is 2. The van der Waals surface area contributed by atoms with Gasteiger partial charge < -0.3 is 24.4 Å². The molecule has 1 aliphatic heterocycles. The lowest BCUT2D eigenvalue weighted by molar-refractivity contribution is -0.139. The molecule has 7 heteroatoms. The van der Waals surface area contributed by atoms with Crippen molar-refractivity contribution in [2.75, 3.05) is 19.8 Å². The molecule has 2 unspecified atom stereocenters. The SMILES string of the molecule is CC(O)O.FC1CCCC1/C=C/C1(COc2cccc(Cl)c2)OCCO1. The highest BCUT2D eigenvalue weighted by Crippen LogP contribution is 2.31. The fourth-order valence-corrected chi connectivity index (χ4v) is 3.05. The van der Waals surface area contributed by atoms with Crippen LogP contribution in [0.15, 0.2) is 36.4 Å². The van der Waals surface area contributed by atoms with Crippen LogP contribution >= 0.6 is 11.6 Å². The van der Waals surface area contributed by atoms with Gasteiger partial charge in [0.05, 0.1) is 13.2 Å². The molecule has 1 saturated heterocycles. The zero-order chi connectivity index (χ0) is 19.0. The lowest BCUT2D eigenvalue weighted by atomic mass is 10.0. The van der Waals surface area contributed by atoms with Crippen LogP contribution in [0.1, 0.15) is 26.2 Å². The van der Waals surface area contributed by atoms with Gasteiger partial charge in [0.1, 0.15) is 24.8 Å². The van der Waals surface area contributed by atoms with Gasteiger partial charge in [-0.3, -0.25) is 0 Å². The number of halogens is 2. The molecule has 2 N–H and O–H groups in total. The Bertz CT molecular complexity index is 572. The van der Waals surface area contributed by atoms with E-state index >= 15 is 0 Å². The highest BCUT2D eigenvalue weighted by atomic mass is 35.5. The molecule has 26 heavy (non-hydrogen) atoms. The maximum Gasteiger partial charge on any atom is 0.223 e. The molecule has 0 spiro atoms. The van der Waals surface area contributed by atoms with Gasteiger partial charge in [-0.05, 0) is 50.5 Å². The standard InChI is InChI=1S/C17H20ClFO3.C2H6O2/c18-14-4-2-5-15(11-14)20-12-17(21-9-10-22-17)8-7-13-3-1-6-16(13)19;1-2(3)4/h2,4-5,7-8,11,13,16H,1,3,6,9-10,12H2;2-4H,1H3/b8-7+;. The molecule has 1 aromatic rings. The van der Waals surface area contributed by atoms with Crippen molar-refractivity contribution in [2.24, 2.45) is 5.92 Å². The van der Waals surface area contributed by atoms with Gasteiger partial charge in [-0.1, -0.05) is 23.7 Å². The predicted octanol–water partition coefficient (Wildman–Crippen LogP) is 3.47. The van der Waals surface area contributed by atoms with Crippen LogP contribution < -0.4 is 4.74 Å². The van der Waals surface area contributed by atoms with E-state index in [4.69, 9.17) is 36.0 Å². The van der Waals surface area contributed by atoms with Crippen LogP contribution in [-0.4, -0.2) is 48.3 Å². The summed E-state index contributed by atoms with van der Waals surface area (Å²) in [6.07, 6.45) is 4.22. The van der Waals surface area contributed by atoms with Gasteiger partial charge >= 0.3 is 0 Å². The Morgan fingerprint density at radius 3 is 2.62 bits per heavy atom. The van der Waals surface area contributed by atoms with Crippen LogP contribution in [0.25, 0.3) is 0 Å². The third-order valence-corrected chi connectivity index (χ3v) is 4.33. The Kier molecular flexibility index (Phi) is 8.31. The fourth-order valence-electron chi connectivity index (χ4n) is 2.87. The van der Waals surface area contributed by atoms with Gasteiger partial charge in [-0.25, -0.2) is 4.39 Å². The Morgan fingerprint density at radius 1 is 1.35 bits per heavy atom. The van der Waals surface area contributed by atoms with Crippen LogP contribution in [0.3, 0.4) is 0 Å². The molecular formula is C19H26ClFO5. The monoisotopic (exact) mass is 388 g/mol. The Morgan fingerprint density at radius 2 is 2.04 bits per heavy atom. The second kappa shape index (κ2) is 10.2. The van der Waals surface area contributed by atoms with E-state index in [-0.39, 0.29) is 12.5 Å². The van der Waals surface area contributed by atoms with Crippen molar-refractivity contribution in [3.8, 4) is 5.75 Å². The van der Waals surface area contributed by atoms with Crippen LogP contribution in [0.2, 0.25) is 5.02 Å². The maximum atomic E-state index is 13.7. The van der Waals surface area contributed by atoms with E-state index in [9.17, 15) is 4.39 Å². The lowest BCUT2D eigenvalue weighted by Gasteiger charge is -2.24. The van der Waals surface area contributed by atoms with Gasteiger partial charge in [0, 0.05) is 10.9 Å². The minimum atomic E-state index is -1.17. The molecule has 1 saturated carbocycles. The fraction of sp³-hybridized carbons (Fsp3) is 0.579. The smallest absolute Gasteiger partial charge is 0.223 e. The summed E-state index contributed by atoms with van der Waals surface area (Å²) in [6, 6.07) is 7.17. The highest BCUT2D eigenvalue weighted by Gasteiger charge is 2.36. The van der Waals surface area contributed by atoms with Crippen molar-refractivity contribution >= 4 is 11.6 Å². The van der Waals surface area contributed by atoms with Crippen molar-refractivity contribution in [2.45, 2.75) is 44.4 Å². The molecule has 5 nitrogen and oxygen atoms in total. The molecule has 0 radical (unpaired) electrons. The molecule has 2 fully saturated rings. The van der Waals surface area contributed by atoms with Crippen LogP contribution in [0.4, 0.5) is 4.39 Å². The number of aliphatic hydroxyl groups excluding tert-OH is 1. The average molecular weight is 389 g/mol. The second-order valence-electron chi connectivity index (χ2n) is 6.36. The summed E-state index contributed by atoms with van der Waals surface area (Å²) >= 11 is 5.94. The van der Waals surface area contributed by atoms with E-state index in [1.54, 1.807) is 12.1 Å². The molecule has 0 amide bonds. The summed E-state index contributed by atoms with van der Waals surface area (Å²) in [5.41, 5.74) is 0. The summed E-state index contributed by atoms with van der Waals surface area (Å²) in [7, 11) is 0. The van der Waals surface area contributed by atoms with Crippen molar-refractivity contribution in [1.82, 2.24) is 0 Å². The van der Waals surface area contributed by atoms with E-state index in [0.717, 1.165) is 12.8 Å². The van der Waals surface area contributed by atoms with Crippen molar-refractivity contribution in [3.05, 3.63) is 41.4 Å². The predicted molar refractivity (Wildman–Crippen MR) is 96.9 cm³/mol. The maximum absolute atomic E-state index is 13.7. The van der Waals surface area contributed by atoms with Gasteiger partial charge in [0.25, 0.3) is 0 Å². The Hall–Kier alpha value is -1.18. The lowest BCUT2D eigenvalue weighted by Crippen LogP contribution is -2.35. The first-order valence-electron chi connectivity index (χ1n) is 8.76. The normalized spacial score (nSPS) is 24.7. The molecule has 0 aromatic heterocycles. The molecular weight excluding hydrogens is 363 g/mol. The number of benzene rings is 1. The summed E-state index contributed by atoms with van der Waals surface area (Å²) in [6.45, 7) is 2.51. The van der Waals surface area contributed by atoms with Crippen LogP contribution in [0, 0.1) is 5.92 Å². The third kappa shape index (κ3) is 6.85. The number of ether oxygens (including phenoxy) is 3. The third-order valence-electron chi connectivity index (χ3n) is 4.09. The first kappa shape index (κ1) is 21.1. The summed E-state index contributed by atoms with van der Waals surface area (Å²) in [5, 5.41) is 15.8. The minimum absolute atomic E-state index is 0.0455. The van der Waals surface area contributed by atoms with Crippen molar-refractivity contribution < 1.29 is 28.8 Å². The van der Waals surface area contributed by atoms with Crippen molar-refractivity contribution in [1.29, 1.82) is 0 Å². The first-order chi connectivity index (χ1) is 12.4. The topological polar surface area (TPSA) is 68.2 Å². The van der Waals surface area contributed by atoms with Crippen molar-refractivity contribution in [3.63, 3.8) is 0 Å². The molecule has 1 aliphatic carbocycles. The largest absolute Gasteiger partial charge is 0.488 e. The zero-order valence-electron chi connectivity index (χ0n) is 14.8. The van der Waals surface area contributed by atoms with E-state index in [1.165, 1.54) is 6.92 Å². The first-order valence-corrected chi connectivity index (χ1v) is 9.14. The quantitative estimate of drug-likeness (QED) is 0.597. The molecule has 2 aliphatic rings. The molecule has 1 heterocycles. The minimum Gasteiger partial charge on any atom is -0.488 e. The Balaban J connectivity index is 0.000000552. The Labute approximate surface area is 158 Å². The number of aliphatic hydroxyl groups is 2. The second-order valence-corrected chi connectivity index (χ2v) is 6.79. The molecule has 0 bridgehead atoms. The number of alkyl halides is 1. The van der Waals surface area contributed by atoms with E-state index in [2.05, 4.69) is 0 Å². The molecule has 1 aromatic carbocycles. The highest BCUT2D eigenvalue weighted by molar-refractivity contribution is 6.30. The molecule has 2 atom stereocenters. The zero-order valence-corrected chi connectivity index (χ0v) is 15.6.